The normalized spacial score (nSPS) is 13.9. The summed E-state index contributed by atoms with van der Waals surface area (Å²) in [6.45, 7) is 3.27. The van der Waals surface area contributed by atoms with Gasteiger partial charge < -0.3 is 0 Å². The van der Waals surface area contributed by atoms with Crippen LogP contribution in [0.25, 0.3) is 11.1 Å². The van der Waals surface area contributed by atoms with Crippen molar-refractivity contribution in [3.8, 4) is 11.1 Å². The average molecular weight is 416 g/mol. The maximum atomic E-state index is 14.0. The molecular weight excluding hydrogens is 393 g/mol. The maximum Gasteiger partial charge on any atom is 0.330 e. The number of halogens is 1. The van der Waals surface area contributed by atoms with Crippen molar-refractivity contribution in [2.75, 3.05) is 29.1 Å². The van der Waals surface area contributed by atoms with E-state index in [1.54, 1.807) is 28.2 Å². The fraction of sp³-hybridized carbons (Fsp3) is 0.238. The quantitative estimate of drug-likeness (QED) is 0.562. The second-order valence-corrected chi connectivity index (χ2v) is 7.07. The summed E-state index contributed by atoms with van der Waals surface area (Å²) in [7, 11) is 0. The molecule has 2 heterocycles. The lowest BCUT2D eigenvalue weighted by Gasteiger charge is -2.34. The molecular formula is C21H22FN3OS2. The van der Waals surface area contributed by atoms with Crippen molar-refractivity contribution in [2.24, 2.45) is 0 Å². The number of aryl methyl sites for hydroxylation is 1. The molecule has 4 rings (SSSR count). The van der Waals surface area contributed by atoms with Crippen molar-refractivity contribution >= 4 is 40.8 Å². The summed E-state index contributed by atoms with van der Waals surface area (Å²) in [5, 5.41) is 2.69. The summed E-state index contributed by atoms with van der Waals surface area (Å²) in [6, 6.07) is 14.1. The number of hydrogen-bond acceptors (Lipinski definition) is 4. The molecule has 0 aliphatic carbocycles. The average Bonchev–Trinajstić information content (AvgIpc) is 3.16. The summed E-state index contributed by atoms with van der Waals surface area (Å²) in [6.07, 6.45) is 2.57. The van der Waals surface area contributed by atoms with E-state index in [1.165, 1.54) is 17.4 Å². The number of hydrogen-bond donors (Lipinski definition) is 1. The minimum absolute atomic E-state index is 0.0655. The van der Waals surface area contributed by atoms with E-state index in [1.807, 2.05) is 42.6 Å². The lowest BCUT2D eigenvalue weighted by Crippen LogP contribution is -2.49. The topological polar surface area (TPSA) is 36.4 Å². The number of thiazole rings is 1. The molecule has 1 aromatic heterocycles. The van der Waals surface area contributed by atoms with Crippen LogP contribution in [0.3, 0.4) is 0 Å². The van der Waals surface area contributed by atoms with Crippen LogP contribution in [0, 0.1) is 12.7 Å². The van der Waals surface area contributed by atoms with Gasteiger partial charge in [-0.15, -0.1) is 11.3 Å². The lowest BCUT2D eigenvalue weighted by atomic mass is 10.0. The maximum absolute atomic E-state index is 14.0. The first-order valence-corrected chi connectivity index (χ1v) is 10.7. The van der Waals surface area contributed by atoms with Gasteiger partial charge in [0.15, 0.2) is 5.13 Å². The number of nitrogens with zero attached hydrogens (tertiary/aromatic N) is 3. The molecule has 0 N–H and O–H groups in total. The van der Waals surface area contributed by atoms with Crippen molar-refractivity contribution in [1.82, 2.24) is 4.98 Å². The number of rotatable bonds is 3. The molecule has 0 radical (unpaired) electrons. The van der Waals surface area contributed by atoms with Gasteiger partial charge in [-0.2, -0.15) is 12.6 Å². The highest BCUT2D eigenvalue weighted by atomic mass is 32.1. The third kappa shape index (κ3) is 4.20. The van der Waals surface area contributed by atoms with E-state index >= 15 is 0 Å². The zero-order chi connectivity index (χ0) is 20.1. The Morgan fingerprint density at radius 3 is 2.36 bits per heavy atom. The molecule has 28 heavy (non-hydrogen) atoms. The largest absolute Gasteiger partial charge is 0.330 e. The molecule has 3 aromatic rings. The molecule has 0 atom stereocenters. The molecule has 2 amide bonds. The Balaban J connectivity index is 0.00000109. The highest BCUT2D eigenvalue weighted by molar-refractivity contribution is 7.79. The minimum atomic E-state index is -0.250. The fourth-order valence-corrected chi connectivity index (χ4v) is 3.94. The highest BCUT2D eigenvalue weighted by Gasteiger charge is 2.29. The fourth-order valence-electron chi connectivity index (χ4n) is 3.12. The first kappa shape index (κ1) is 20.4. The van der Waals surface area contributed by atoms with Crippen LogP contribution in [0.5, 0.6) is 0 Å². The molecule has 1 saturated heterocycles. The summed E-state index contributed by atoms with van der Waals surface area (Å²) in [5.41, 5.74) is 3.09. The van der Waals surface area contributed by atoms with E-state index in [4.69, 9.17) is 0 Å². The number of benzene rings is 2. The van der Waals surface area contributed by atoms with Crippen molar-refractivity contribution in [1.29, 1.82) is 0 Å². The number of aromatic nitrogens is 1. The first-order valence-electron chi connectivity index (χ1n) is 8.94. The third-order valence-electron chi connectivity index (χ3n) is 4.43. The van der Waals surface area contributed by atoms with Gasteiger partial charge >= 0.3 is 6.03 Å². The standard InChI is InChI=1S/C20H18FN3OS.CH4S/c1-14-13-26-19(22-14)24-12-4-11-23(20(24)25)16-9-7-15(8-10-16)17-5-2-3-6-18(17)21;1-2/h2-3,5-10,13H,4,11-12H2,1H3;2H,1H3. The molecule has 7 heteroatoms. The Morgan fingerprint density at radius 2 is 1.71 bits per heavy atom. The zero-order valence-electron chi connectivity index (χ0n) is 15.8. The number of urea groups is 1. The predicted octanol–water partition coefficient (Wildman–Crippen LogP) is 5.64. The van der Waals surface area contributed by atoms with Gasteiger partial charge in [0.05, 0.1) is 5.69 Å². The van der Waals surface area contributed by atoms with Crippen LogP contribution >= 0.6 is 24.0 Å². The van der Waals surface area contributed by atoms with Crippen molar-refractivity contribution < 1.29 is 9.18 Å². The smallest absolute Gasteiger partial charge is 0.294 e. The van der Waals surface area contributed by atoms with Gasteiger partial charge in [0.1, 0.15) is 5.82 Å². The second kappa shape index (κ2) is 9.21. The van der Waals surface area contributed by atoms with E-state index in [9.17, 15) is 9.18 Å². The molecule has 2 aromatic carbocycles. The summed E-state index contributed by atoms with van der Waals surface area (Å²) >= 11 is 5.01. The van der Waals surface area contributed by atoms with Gasteiger partial charge in [-0.1, -0.05) is 30.3 Å². The third-order valence-corrected chi connectivity index (χ3v) is 5.41. The van der Waals surface area contributed by atoms with Gasteiger partial charge in [-0.05, 0) is 43.4 Å². The number of thiol groups is 1. The number of anilines is 2. The molecule has 1 aliphatic heterocycles. The molecule has 1 aliphatic rings. The Hall–Kier alpha value is -2.38. The van der Waals surface area contributed by atoms with Crippen LogP contribution in [-0.2, 0) is 0 Å². The van der Waals surface area contributed by atoms with E-state index in [0.29, 0.717) is 18.7 Å². The van der Waals surface area contributed by atoms with E-state index in [2.05, 4.69) is 17.6 Å². The molecule has 146 valence electrons. The monoisotopic (exact) mass is 415 g/mol. The SMILES string of the molecule is CS.Cc1csc(N2CCCN(c3ccc(-c4ccccc4F)cc3)C2=O)n1. The van der Waals surface area contributed by atoms with Crippen molar-refractivity contribution in [3.63, 3.8) is 0 Å². The second-order valence-electron chi connectivity index (χ2n) is 6.24. The summed E-state index contributed by atoms with van der Waals surface area (Å²) < 4.78 is 14.0. The Kier molecular flexibility index (Phi) is 6.70. The molecule has 4 nitrogen and oxygen atoms in total. The molecule has 0 spiro atoms. The number of carbonyl (C=O) groups is 1. The van der Waals surface area contributed by atoms with Crippen LogP contribution in [-0.4, -0.2) is 30.4 Å². The lowest BCUT2D eigenvalue weighted by molar-refractivity contribution is 0.248. The van der Waals surface area contributed by atoms with Crippen molar-refractivity contribution in [2.45, 2.75) is 13.3 Å². The molecule has 0 unspecified atom stereocenters. The van der Waals surface area contributed by atoms with Gasteiger partial charge in [0.25, 0.3) is 0 Å². The minimum Gasteiger partial charge on any atom is -0.294 e. The van der Waals surface area contributed by atoms with Gasteiger partial charge in [-0.25, -0.2) is 14.2 Å². The van der Waals surface area contributed by atoms with Gasteiger partial charge in [0, 0.05) is 29.7 Å². The summed E-state index contributed by atoms with van der Waals surface area (Å²) in [5.74, 6) is -0.250. The van der Waals surface area contributed by atoms with Crippen LogP contribution < -0.4 is 9.80 Å². The predicted molar refractivity (Wildman–Crippen MR) is 118 cm³/mol. The zero-order valence-corrected chi connectivity index (χ0v) is 17.5. The summed E-state index contributed by atoms with van der Waals surface area (Å²) in [4.78, 5) is 20.8. The molecule has 0 bridgehead atoms. The van der Waals surface area contributed by atoms with Crippen LogP contribution in [0.1, 0.15) is 12.1 Å². The van der Waals surface area contributed by atoms with E-state index in [-0.39, 0.29) is 11.8 Å². The molecule has 0 saturated carbocycles. The number of carbonyl (C=O) groups excluding carboxylic acids is 1. The van der Waals surface area contributed by atoms with Crippen molar-refractivity contribution in [3.05, 3.63) is 65.4 Å². The van der Waals surface area contributed by atoms with E-state index < -0.39 is 0 Å². The highest BCUT2D eigenvalue weighted by Crippen LogP contribution is 2.29. The van der Waals surface area contributed by atoms with Gasteiger partial charge in [0.2, 0.25) is 0 Å². The Labute approximate surface area is 174 Å². The molecule has 1 fully saturated rings. The number of amides is 2. The first-order chi connectivity index (χ1) is 13.6. The van der Waals surface area contributed by atoms with Crippen LogP contribution in [0.15, 0.2) is 53.9 Å². The van der Waals surface area contributed by atoms with Gasteiger partial charge in [-0.3, -0.25) is 9.80 Å². The Morgan fingerprint density at radius 1 is 1.04 bits per heavy atom. The Bertz CT molecular complexity index is 943. The van der Waals surface area contributed by atoms with Crippen LogP contribution in [0.4, 0.5) is 20.0 Å². The van der Waals surface area contributed by atoms with Crippen LogP contribution in [0.2, 0.25) is 0 Å². The van der Waals surface area contributed by atoms with E-state index in [0.717, 1.165) is 28.5 Å².